The first-order chi connectivity index (χ1) is 4.67. The Morgan fingerprint density at radius 3 is 2.90 bits per heavy atom. The quantitative estimate of drug-likeness (QED) is 0.601. The van der Waals surface area contributed by atoms with Crippen molar-refractivity contribution < 1.29 is 4.39 Å². The van der Waals surface area contributed by atoms with E-state index in [0.29, 0.717) is 12.0 Å². The van der Waals surface area contributed by atoms with Gasteiger partial charge in [0.25, 0.3) is 0 Å². The molecule has 0 aromatic heterocycles. The van der Waals surface area contributed by atoms with Crippen LogP contribution in [0.2, 0.25) is 0 Å². The summed E-state index contributed by atoms with van der Waals surface area (Å²) in [4.78, 5) is 0. The molecule has 3 heteroatoms. The van der Waals surface area contributed by atoms with Gasteiger partial charge in [-0.2, -0.15) is 0 Å². The average molecular weight is 225 g/mol. The number of rotatable bonds is 1. The Kier molecular flexibility index (Phi) is 2.53. The van der Waals surface area contributed by atoms with Gasteiger partial charge < -0.3 is 0 Å². The molecule has 10 heavy (non-hydrogen) atoms. The van der Waals surface area contributed by atoms with Crippen molar-refractivity contribution in [1.29, 1.82) is 0 Å². The van der Waals surface area contributed by atoms with Gasteiger partial charge in [-0.3, -0.25) is 0 Å². The van der Waals surface area contributed by atoms with Crippen molar-refractivity contribution in [2.24, 2.45) is 0 Å². The Hall–Kier alpha value is 0.180. The maximum Gasteiger partial charge on any atom is 0.191 e. The molecule has 56 valence electrons. The Morgan fingerprint density at radius 2 is 2.50 bits per heavy atom. The van der Waals surface area contributed by atoms with E-state index < -0.39 is 4.58 Å². The highest BCUT2D eigenvalue weighted by atomic mass is 79.9. The van der Waals surface area contributed by atoms with E-state index in [2.05, 4.69) is 15.9 Å². The summed E-state index contributed by atoms with van der Waals surface area (Å²) in [6.07, 6.45) is 5.65. The highest BCUT2D eigenvalue weighted by Crippen LogP contribution is 2.36. The van der Waals surface area contributed by atoms with Crippen molar-refractivity contribution in [3.63, 3.8) is 0 Å². The molecule has 0 aromatic rings. The molecule has 1 rings (SSSR count). The second kappa shape index (κ2) is 3.05. The monoisotopic (exact) mass is 224 g/mol. The van der Waals surface area contributed by atoms with Crippen molar-refractivity contribution in [2.45, 2.75) is 11.0 Å². The number of allylic oxidation sites excluding steroid dienone is 4. The molecule has 0 amide bonds. The molecule has 0 nitrogen and oxygen atoms in total. The third-order valence-electron chi connectivity index (χ3n) is 1.42. The van der Waals surface area contributed by atoms with Crippen molar-refractivity contribution in [1.82, 2.24) is 0 Å². The maximum atomic E-state index is 13.2. The van der Waals surface area contributed by atoms with Gasteiger partial charge in [0.15, 0.2) is 4.58 Å². The number of halogens is 3. The highest BCUT2D eigenvalue weighted by molar-refractivity contribution is 9.10. The van der Waals surface area contributed by atoms with Crippen LogP contribution in [0.5, 0.6) is 0 Å². The molecule has 1 atom stereocenters. The van der Waals surface area contributed by atoms with Gasteiger partial charge in [0.2, 0.25) is 0 Å². The van der Waals surface area contributed by atoms with Crippen LogP contribution in [-0.4, -0.2) is 10.5 Å². The predicted octanol–water partition coefficient (Wildman–Crippen LogP) is 3.17. The molecule has 0 aliphatic heterocycles. The summed E-state index contributed by atoms with van der Waals surface area (Å²) in [6.45, 7) is 0. The van der Waals surface area contributed by atoms with Gasteiger partial charge in [-0.25, -0.2) is 4.39 Å². The summed E-state index contributed by atoms with van der Waals surface area (Å²) in [5.41, 5.74) is 0.594. The molecule has 0 spiro atoms. The standard InChI is InChI=1S/C7H7BrClF/c8-7(10)4-2-1-3-6(7)5-9/h1-3H,4-5H2/t7-/m0/s1. The average Bonchev–Trinajstić information content (AvgIpc) is 1.87. The molecule has 0 unspecified atom stereocenters. The largest absolute Gasteiger partial charge is 0.226 e. The molecule has 0 saturated carbocycles. The van der Waals surface area contributed by atoms with Crippen LogP contribution >= 0.6 is 27.5 Å². The smallest absolute Gasteiger partial charge is 0.191 e. The van der Waals surface area contributed by atoms with Crippen LogP contribution in [0, 0.1) is 0 Å². The van der Waals surface area contributed by atoms with E-state index in [1.807, 2.05) is 6.08 Å². The molecule has 0 heterocycles. The summed E-state index contributed by atoms with van der Waals surface area (Å²) in [7, 11) is 0. The zero-order chi connectivity index (χ0) is 7.61. The van der Waals surface area contributed by atoms with Crippen LogP contribution in [0.3, 0.4) is 0 Å². The van der Waals surface area contributed by atoms with Gasteiger partial charge in [0.05, 0.1) is 0 Å². The van der Waals surface area contributed by atoms with E-state index in [-0.39, 0.29) is 5.88 Å². The summed E-state index contributed by atoms with van der Waals surface area (Å²) in [5.74, 6) is 0.242. The number of hydrogen-bond donors (Lipinski definition) is 0. The fourth-order valence-electron chi connectivity index (χ4n) is 0.796. The zero-order valence-corrected chi connectivity index (χ0v) is 7.62. The Balaban J connectivity index is 2.81. The third kappa shape index (κ3) is 1.61. The van der Waals surface area contributed by atoms with Crippen molar-refractivity contribution in [2.75, 3.05) is 5.88 Å². The third-order valence-corrected chi connectivity index (χ3v) is 2.54. The maximum absolute atomic E-state index is 13.2. The fraction of sp³-hybridized carbons (Fsp3) is 0.429. The van der Waals surface area contributed by atoms with Crippen molar-refractivity contribution in [3.05, 3.63) is 23.8 Å². The van der Waals surface area contributed by atoms with Gasteiger partial charge >= 0.3 is 0 Å². The SMILES string of the molecule is F[C@@]1(Br)CC=CC=C1CCl. The lowest BCUT2D eigenvalue weighted by Crippen LogP contribution is -2.18. The Bertz CT molecular complexity index is 184. The first kappa shape index (κ1) is 8.28. The van der Waals surface area contributed by atoms with Gasteiger partial charge in [-0.1, -0.05) is 18.2 Å². The number of hydrogen-bond acceptors (Lipinski definition) is 0. The second-order valence-corrected chi connectivity index (χ2v) is 3.69. The van der Waals surface area contributed by atoms with E-state index in [1.54, 1.807) is 12.2 Å². The fourth-order valence-corrected chi connectivity index (χ4v) is 1.72. The summed E-state index contributed by atoms with van der Waals surface area (Å²) >= 11 is 8.44. The van der Waals surface area contributed by atoms with Crippen molar-refractivity contribution >= 4 is 27.5 Å². The van der Waals surface area contributed by atoms with E-state index in [4.69, 9.17) is 11.6 Å². The van der Waals surface area contributed by atoms with Crippen LogP contribution < -0.4 is 0 Å². The first-order valence-electron chi connectivity index (χ1n) is 2.97. The zero-order valence-electron chi connectivity index (χ0n) is 5.28. The van der Waals surface area contributed by atoms with Gasteiger partial charge in [0, 0.05) is 12.3 Å². The van der Waals surface area contributed by atoms with Gasteiger partial charge in [0.1, 0.15) is 0 Å². The molecule has 0 bridgehead atoms. The van der Waals surface area contributed by atoms with Crippen LogP contribution in [0.4, 0.5) is 4.39 Å². The van der Waals surface area contributed by atoms with Gasteiger partial charge in [-0.05, 0) is 21.5 Å². The lowest BCUT2D eigenvalue weighted by molar-refractivity contribution is 0.349. The molecule has 0 radical (unpaired) electrons. The highest BCUT2D eigenvalue weighted by Gasteiger charge is 2.29. The summed E-state index contributed by atoms with van der Waals surface area (Å²) < 4.78 is 11.8. The minimum absolute atomic E-state index is 0.242. The molecule has 1 aliphatic carbocycles. The second-order valence-electron chi connectivity index (χ2n) is 2.16. The van der Waals surface area contributed by atoms with Crippen LogP contribution in [0.15, 0.2) is 23.8 Å². The van der Waals surface area contributed by atoms with Crippen LogP contribution in [-0.2, 0) is 0 Å². The molecular formula is C7H7BrClF. The molecule has 0 aromatic carbocycles. The number of alkyl halides is 3. The minimum atomic E-state index is -1.40. The normalized spacial score (nSPS) is 32.1. The lowest BCUT2D eigenvalue weighted by Gasteiger charge is -2.20. The summed E-state index contributed by atoms with van der Waals surface area (Å²) in [6, 6.07) is 0. The molecule has 0 fully saturated rings. The van der Waals surface area contributed by atoms with E-state index in [1.165, 1.54) is 0 Å². The molecular weight excluding hydrogens is 218 g/mol. The Labute approximate surface area is 72.9 Å². The topological polar surface area (TPSA) is 0 Å². The first-order valence-corrected chi connectivity index (χ1v) is 4.29. The van der Waals surface area contributed by atoms with Gasteiger partial charge in [-0.15, -0.1) is 11.6 Å². The van der Waals surface area contributed by atoms with E-state index in [0.717, 1.165) is 0 Å². The minimum Gasteiger partial charge on any atom is -0.226 e. The van der Waals surface area contributed by atoms with E-state index >= 15 is 0 Å². The van der Waals surface area contributed by atoms with Crippen LogP contribution in [0.1, 0.15) is 6.42 Å². The molecule has 0 N–H and O–H groups in total. The summed E-state index contributed by atoms with van der Waals surface area (Å²) in [5, 5.41) is 0. The lowest BCUT2D eigenvalue weighted by atomic mass is 10.1. The molecule has 1 aliphatic rings. The molecule has 0 saturated heterocycles. The van der Waals surface area contributed by atoms with Crippen LogP contribution in [0.25, 0.3) is 0 Å². The Morgan fingerprint density at radius 1 is 1.80 bits per heavy atom. The predicted molar refractivity (Wildman–Crippen MR) is 45.3 cm³/mol. The van der Waals surface area contributed by atoms with E-state index in [9.17, 15) is 4.39 Å². The van der Waals surface area contributed by atoms with Crippen molar-refractivity contribution in [3.8, 4) is 0 Å².